The van der Waals surface area contributed by atoms with Gasteiger partial charge in [0, 0.05) is 18.7 Å². The summed E-state index contributed by atoms with van der Waals surface area (Å²) in [5.41, 5.74) is 1.66. The van der Waals surface area contributed by atoms with Gasteiger partial charge < -0.3 is 4.90 Å². The number of hydrogen-bond donors (Lipinski definition) is 1. The molecule has 0 heterocycles. The number of sulfonamides is 1. The lowest BCUT2D eigenvalue weighted by Gasteiger charge is -2.24. The number of nitrogens with zero attached hydrogens (tertiary/aromatic N) is 1. The zero-order valence-electron chi connectivity index (χ0n) is 12.6. The van der Waals surface area contributed by atoms with Crippen LogP contribution in [0.4, 0.5) is 0 Å². The molecule has 0 saturated heterocycles. The number of benzene rings is 1. The maximum absolute atomic E-state index is 12.4. The van der Waals surface area contributed by atoms with Crippen molar-refractivity contribution in [1.29, 1.82) is 0 Å². The molecule has 1 amide bonds. The van der Waals surface area contributed by atoms with E-state index < -0.39 is 10.0 Å². The summed E-state index contributed by atoms with van der Waals surface area (Å²) in [5, 5.41) is 5.20. The van der Waals surface area contributed by atoms with Gasteiger partial charge in [-0.1, -0.05) is 6.92 Å². The Balaban J connectivity index is 3.35. The number of hydrogen-bond acceptors (Lipinski definition) is 3. The molecule has 1 aromatic rings. The van der Waals surface area contributed by atoms with Crippen LogP contribution in [0.2, 0.25) is 0 Å². The molecule has 0 aliphatic carbocycles. The molecule has 0 spiro atoms. The van der Waals surface area contributed by atoms with Crippen molar-refractivity contribution in [1.82, 2.24) is 4.90 Å². The van der Waals surface area contributed by atoms with E-state index in [0.29, 0.717) is 11.1 Å². The fourth-order valence-electron chi connectivity index (χ4n) is 1.92. The van der Waals surface area contributed by atoms with E-state index in [1.54, 1.807) is 31.9 Å². The first-order valence-corrected chi connectivity index (χ1v) is 8.05. The van der Waals surface area contributed by atoms with Crippen molar-refractivity contribution in [2.45, 2.75) is 45.1 Å². The highest BCUT2D eigenvalue weighted by atomic mass is 32.2. The number of carbonyl (C=O) groups is 1. The summed E-state index contributed by atoms with van der Waals surface area (Å²) < 4.78 is 23.2. The first kappa shape index (κ1) is 16.7. The number of amides is 1. The molecule has 5 nitrogen and oxygen atoms in total. The van der Waals surface area contributed by atoms with Crippen molar-refractivity contribution in [3.63, 3.8) is 0 Å². The summed E-state index contributed by atoms with van der Waals surface area (Å²) in [6.07, 6.45) is 0.829. The fourth-order valence-corrected chi connectivity index (χ4v) is 2.80. The summed E-state index contributed by atoms with van der Waals surface area (Å²) >= 11 is 0. The fraction of sp³-hybridized carbons (Fsp3) is 0.500. The molecule has 0 aliphatic heterocycles. The molecule has 0 fully saturated rings. The van der Waals surface area contributed by atoms with Gasteiger partial charge in [0.1, 0.15) is 0 Å². The summed E-state index contributed by atoms with van der Waals surface area (Å²) in [6.45, 7) is 7.38. The Bertz CT molecular complexity index is 624. The van der Waals surface area contributed by atoms with Gasteiger partial charge in [0.05, 0.1) is 4.90 Å². The molecule has 20 heavy (non-hydrogen) atoms. The predicted octanol–water partition coefficient (Wildman–Crippen LogP) is 1.82. The van der Waals surface area contributed by atoms with Crippen LogP contribution in [0, 0.1) is 13.8 Å². The second kappa shape index (κ2) is 5.93. The van der Waals surface area contributed by atoms with Gasteiger partial charge in [0.15, 0.2) is 0 Å². The zero-order chi connectivity index (χ0) is 15.7. The molecule has 0 aliphatic rings. The maximum atomic E-state index is 12.4. The molecule has 6 heteroatoms. The molecular weight excluding hydrogens is 276 g/mol. The van der Waals surface area contributed by atoms with Crippen molar-refractivity contribution in [3.05, 3.63) is 28.8 Å². The Morgan fingerprint density at radius 2 is 1.90 bits per heavy atom. The Morgan fingerprint density at radius 1 is 1.35 bits per heavy atom. The van der Waals surface area contributed by atoms with Crippen LogP contribution in [0.15, 0.2) is 17.0 Å². The van der Waals surface area contributed by atoms with Crippen molar-refractivity contribution in [2.75, 3.05) is 7.05 Å². The van der Waals surface area contributed by atoms with Crippen LogP contribution in [0.5, 0.6) is 0 Å². The third kappa shape index (κ3) is 3.37. The Labute approximate surface area is 120 Å². The second-order valence-corrected chi connectivity index (χ2v) is 6.66. The minimum atomic E-state index is -3.83. The molecule has 1 atom stereocenters. The van der Waals surface area contributed by atoms with Crippen molar-refractivity contribution < 1.29 is 13.2 Å². The topological polar surface area (TPSA) is 80.5 Å². The van der Waals surface area contributed by atoms with E-state index in [-0.39, 0.29) is 16.8 Å². The molecule has 1 aromatic carbocycles. The minimum Gasteiger partial charge on any atom is -0.339 e. The van der Waals surface area contributed by atoms with E-state index in [0.717, 1.165) is 12.0 Å². The molecule has 0 saturated carbocycles. The van der Waals surface area contributed by atoms with Gasteiger partial charge in [-0.2, -0.15) is 0 Å². The van der Waals surface area contributed by atoms with Crippen LogP contribution < -0.4 is 5.14 Å². The lowest BCUT2D eigenvalue weighted by atomic mass is 10.0. The van der Waals surface area contributed by atoms with Gasteiger partial charge in [-0.25, -0.2) is 13.6 Å². The van der Waals surface area contributed by atoms with Crippen LogP contribution in [-0.4, -0.2) is 32.3 Å². The predicted molar refractivity (Wildman–Crippen MR) is 79.1 cm³/mol. The lowest BCUT2D eigenvalue weighted by Crippen LogP contribution is -2.34. The Kier molecular flexibility index (Phi) is 4.94. The highest BCUT2D eigenvalue weighted by Crippen LogP contribution is 2.21. The van der Waals surface area contributed by atoms with Crippen molar-refractivity contribution >= 4 is 15.9 Å². The van der Waals surface area contributed by atoms with E-state index >= 15 is 0 Å². The maximum Gasteiger partial charge on any atom is 0.253 e. The Morgan fingerprint density at radius 3 is 2.35 bits per heavy atom. The van der Waals surface area contributed by atoms with Gasteiger partial charge in [0.2, 0.25) is 10.0 Å². The van der Waals surface area contributed by atoms with E-state index in [4.69, 9.17) is 5.14 Å². The van der Waals surface area contributed by atoms with Crippen LogP contribution in [0.3, 0.4) is 0 Å². The third-order valence-electron chi connectivity index (χ3n) is 3.75. The van der Waals surface area contributed by atoms with Crippen LogP contribution in [0.25, 0.3) is 0 Å². The highest BCUT2D eigenvalue weighted by molar-refractivity contribution is 7.89. The monoisotopic (exact) mass is 298 g/mol. The quantitative estimate of drug-likeness (QED) is 0.920. The number of carbonyl (C=O) groups excluding carboxylic acids is 1. The smallest absolute Gasteiger partial charge is 0.253 e. The SMILES string of the molecule is CCC(C)N(C)C(=O)c1cc(C)c(C)c(S(N)(=O)=O)c1. The molecule has 0 radical (unpaired) electrons. The Hall–Kier alpha value is -1.40. The average Bonchev–Trinajstić information content (AvgIpc) is 2.37. The molecular formula is C14H22N2O3S. The molecule has 0 bridgehead atoms. The number of aryl methyl sites for hydroxylation is 1. The van der Waals surface area contributed by atoms with Crippen LogP contribution in [-0.2, 0) is 10.0 Å². The molecule has 1 rings (SSSR count). The molecule has 0 aromatic heterocycles. The summed E-state index contributed by atoms with van der Waals surface area (Å²) in [6, 6.07) is 3.14. The zero-order valence-corrected chi connectivity index (χ0v) is 13.4. The number of nitrogens with two attached hydrogens (primary N) is 1. The molecule has 1 unspecified atom stereocenters. The first-order valence-electron chi connectivity index (χ1n) is 6.50. The molecule has 112 valence electrons. The van der Waals surface area contributed by atoms with Gasteiger partial charge >= 0.3 is 0 Å². The molecule has 2 N–H and O–H groups in total. The average molecular weight is 298 g/mol. The van der Waals surface area contributed by atoms with Gasteiger partial charge in [-0.3, -0.25) is 4.79 Å². The van der Waals surface area contributed by atoms with E-state index in [9.17, 15) is 13.2 Å². The van der Waals surface area contributed by atoms with E-state index in [1.807, 2.05) is 13.8 Å². The summed E-state index contributed by atoms with van der Waals surface area (Å²) in [4.78, 5) is 14.0. The highest BCUT2D eigenvalue weighted by Gasteiger charge is 2.21. The third-order valence-corrected chi connectivity index (χ3v) is 4.78. The lowest BCUT2D eigenvalue weighted by molar-refractivity contribution is 0.0740. The number of primary sulfonamides is 1. The normalized spacial score (nSPS) is 13.1. The largest absolute Gasteiger partial charge is 0.339 e. The van der Waals surface area contributed by atoms with Gasteiger partial charge in [0.25, 0.3) is 5.91 Å². The van der Waals surface area contributed by atoms with Gasteiger partial charge in [-0.15, -0.1) is 0 Å². The minimum absolute atomic E-state index is 0.0124. The van der Waals surface area contributed by atoms with E-state index in [1.165, 1.54) is 6.07 Å². The van der Waals surface area contributed by atoms with Gasteiger partial charge in [-0.05, 0) is 50.5 Å². The summed E-state index contributed by atoms with van der Waals surface area (Å²) in [5.74, 6) is -0.202. The second-order valence-electron chi connectivity index (χ2n) is 5.13. The first-order chi connectivity index (χ1) is 9.09. The standard InChI is InChI=1S/C14H22N2O3S/c1-6-10(3)16(5)14(17)12-7-9(2)11(4)13(8-12)20(15,18)19/h7-8,10H,6H2,1-5H3,(H2,15,18,19). The van der Waals surface area contributed by atoms with Crippen LogP contribution >= 0.6 is 0 Å². The van der Waals surface area contributed by atoms with Crippen molar-refractivity contribution in [3.8, 4) is 0 Å². The number of rotatable bonds is 4. The van der Waals surface area contributed by atoms with E-state index in [2.05, 4.69) is 0 Å². The van der Waals surface area contributed by atoms with Crippen molar-refractivity contribution in [2.24, 2.45) is 5.14 Å². The van der Waals surface area contributed by atoms with Crippen LogP contribution in [0.1, 0.15) is 41.8 Å². The summed E-state index contributed by atoms with van der Waals surface area (Å²) in [7, 11) is -2.12.